The van der Waals surface area contributed by atoms with Gasteiger partial charge < -0.3 is 5.32 Å². The number of likely N-dealkylation sites (tertiary alicyclic amines) is 1. The van der Waals surface area contributed by atoms with Crippen molar-refractivity contribution in [3.05, 3.63) is 0 Å². The second kappa shape index (κ2) is 3.75. The third kappa shape index (κ3) is 1.64. The Hall–Kier alpha value is -0.0800. The maximum Gasteiger partial charge on any atom is 0.0235 e. The Morgan fingerprint density at radius 3 is 2.83 bits per heavy atom. The number of piperidine rings is 1. The second-order valence-corrected chi connectivity index (χ2v) is 4.23. The van der Waals surface area contributed by atoms with Crippen LogP contribution in [0.3, 0.4) is 0 Å². The first-order valence-corrected chi connectivity index (χ1v) is 5.34. The van der Waals surface area contributed by atoms with E-state index in [0.717, 1.165) is 12.1 Å². The van der Waals surface area contributed by atoms with Gasteiger partial charge >= 0.3 is 0 Å². The summed E-state index contributed by atoms with van der Waals surface area (Å²) in [6.07, 6.45) is 5.64. The molecule has 2 heterocycles. The van der Waals surface area contributed by atoms with E-state index in [1.54, 1.807) is 0 Å². The van der Waals surface area contributed by atoms with E-state index in [1.807, 2.05) is 0 Å². The fourth-order valence-corrected chi connectivity index (χ4v) is 2.59. The minimum absolute atomic E-state index is 0.837. The first-order valence-electron chi connectivity index (χ1n) is 5.34. The Morgan fingerprint density at radius 1 is 1.25 bits per heavy atom. The topological polar surface area (TPSA) is 15.3 Å². The number of nitrogens with zero attached hydrogens (tertiary/aromatic N) is 1. The van der Waals surface area contributed by atoms with Crippen LogP contribution in [0.25, 0.3) is 0 Å². The summed E-state index contributed by atoms with van der Waals surface area (Å²) >= 11 is 0. The molecule has 0 radical (unpaired) electrons. The molecule has 12 heavy (non-hydrogen) atoms. The summed E-state index contributed by atoms with van der Waals surface area (Å²) in [6.45, 7) is 6.18. The fraction of sp³-hybridized carbons (Fsp3) is 1.00. The lowest BCUT2D eigenvalue weighted by molar-refractivity contribution is 0.114. The van der Waals surface area contributed by atoms with Gasteiger partial charge in [-0.25, -0.2) is 0 Å². The van der Waals surface area contributed by atoms with Gasteiger partial charge in [-0.3, -0.25) is 4.90 Å². The first kappa shape index (κ1) is 8.52. The van der Waals surface area contributed by atoms with E-state index < -0.39 is 0 Å². The Morgan fingerprint density at radius 2 is 2.17 bits per heavy atom. The minimum atomic E-state index is 0.837. The molecule has 1 N–H and O–H groups in total. The molecule has 0 saturated carbocycles. The van der Waals surface area contributed by atoms with Gasteiger partial charge in [0.2, 0.25) is 0 Å². The summed E-state index contributed by atoms with van der Waals surface area (Å²) in [4.78, 5) is 2.71. The molecule has 2 nitrogen and oxygen atoms in total. The van der Waals surface area contributed by atoms with Crippen molar-refractivity contribution >= 4 is 0 Å². The van der Waals surface area contributed by atoms with E-state index in [0.29, 0.717) is 0 Å². The minimum Gasteiger partial charge on any atom is -0.315 e. The molecule has 2 heteroatoms. The lowest BCUT2D eigenvalue weighted by Gasteiger charge is -2.37. The van der Waals surface area contributed by atoms with Crippen LogP contribution in [0, 0.1) is 0 Å². The number of nitrogens with one attached hydrogen (secondary N) is 1. The zero-order chi connectivity index (χ0) is 8.39. The Balaban J connectivity index is 1.91. The molecule has 2 aliphatic heterocycles. The molecule has 0 aliphatic carbocycles. The number of rotatable bonds is 1. The van der Waals surface area contributed by atoms with Crippen molar-refractivity contribution in [2.45, 2.75) is 44.7 Å². The van der Waals surface area contributed by atoms with E-state index in [9.17, 15) is 0 Å². The van der Waals surface area contributed by atoms with Gasteiger partial charge in [0.1, 0.15) is 0 Å². The van der Waals surface area contributed by atoms with Crippen molar-refractivity contribution in [1.82, 2.24) is 10.2 Å². The van der Waals surface area contributed by atoms with Crippen molar-refractivity contribution in [3.8, 4) is 0 Å². The van der Waals surface area contributed by atoms with Crippen LogP contribution in [0.15, 0.2) is 0 Å². The molecular weight excluding hydrogens is 148 g/mol. The molecule has 70 valence electrons. The lowest BCUT2D eigenvalue weighted by Crippen LogP contribution is -2.45. The molecule has 0 aromatic carbocycles. The Kier molecular flexibility index (Phi) is 2.66. The fourth-order valence-electron chi connectivity index (χ4n) is 2.59. The van der Waals surface area contributed by atoms with Crippen molar-refractivity contribution in [2.24, 2.45) is 0 Å². The summed E-state index contributed by atoms with van der Waals surface area (Å²) in [5, 5.41) is 3.45. The van der Waals surface area contributed by atoms with Gasteiger partial charge in [-0.05, 0) is 39.3 Å². The van der Waals surface area contributed by atoms with Crippen LogP contribution in [-0.2, 0) is 0 Å². The molecule has 2 saturated heterocycles. The second-order valence-electron chi connectivity index (χ2n) is 4.23. The van der Waals surface area contributed by atoms with Crippen LogP contribution in [0.1, 0.15) is 32.6 Å². The Bertz CT molecular complexity index is 141. The summed E-state index contributed by atoms with van der Waals surface area (Å²) < 4.78 is 0. The lowest BCUT2D eigenvalue weighted by atomic mass is 10.0. The maximum atomic E-state index is 3.45. The van der Waals surface area contributed by atoms with Crippen LogP contribution >= 0.6 is 0 Å². The molecule has 0 amide bonds. The molecule has 2 unspecified atom stereocenters. The van der Waals surface area contributed by atoms with Crippen molar-refractivity contribution in [1.29, 1.82) is 0 Å². The van der Waals surface area contributed by atoms with Crippen molar-refractivity contribution < 1.29 is 0 Å². The van der Waals surface area contributed by atoms with Crippen LogP contribution in [-0.4, -0.2) is 36.6 Å². The first-order chi connectivity index (χ1) is 5.88. The third-order valence-electron chi connectivity index (χ3n) is 3.36. The largest absolute Gasteiger partial charge is 0.315 e. The number of hydrogen-bond donors (Lipinski definition) is 1. The van der Waals surface area contributed by atoms with Crippen LogP contribution in [0.5, 0.6) is 0 Å². The van der Waals surface area contributed by atoms with E-state index in [1.165, 1.54) is 45.3 Å². The van der Waals surface area contributed by atoms with Gasteiger partial charge in [-0.1, -0.05) is 6.42 Å². The highest BCUT2D eigenvalue weighted by molar-refractivity contribution is 4.85. The van der Waals surface area contributed by atoms with Gasteiger partial charge in [0.05, 0.1) is 0 Å². The molecule has 0 aromatic rings. The smallest absolute Gasteiger partial charge is 0.0235 e. The molecule has 0 bridgehead atoms. The van der Waals surface area contributed by atoms with E-state index in [4.69, 9.17) is 0 Å². The zero-order valence-electron chi connectivity index (χ0n) is 8.05. The van der Waals surface area contributed by atoms with Crippen molar-refractivity contribution in [3.63, 3.8) is 0 Å². The molecule has 0 spiro atoms. The standard InChI is InChI=1S/C10H20N2/c1-9-4-2-3-7-12(9)10-5-6-11-8-10/h9-11H,2-8H2,1H3. The van der Waals surface area contributed by atoms with E-state index in [2.05, 4.69) is 17.1 Å². The molecule has 2 rings (SSSR count). The summed E-state index contributed by atoms with van der Waals surface area (Å²) in [5.74, 6) is 0. The average molecular weight is 168 g/mol. The monoisotopic (exact) mass is 168 g/mol. The predicted octanol–water partition coefficient (Wildman–Crippen LogP) is 1.22. The molecule has 2 atom stereocenters. The van der Waals surface area contributed by atoms with E-state index >= 15 is 0 Å². The highest BCUT2D eigenvalue weighted by Crippen LogP contribution is 2.21. The van der Waals surface area contributed by atoms with Crippen LogP contribution in [0.4, 0.5) is 0 Å². The summed E-state index contributed by atoms with van der Waals surface area (Å²) in [6, 6.07) is 1.68. The van der Waals surface area contributed by atoms with Crippen LogP contribution in [0.2, 0.25) is 0 Å². The van der Waals surface area contributed by atoms with E-state index in [-0.39, 0.29) is 0 Å². The van der Waals surface area contributed by atoms with Gasteiger partial charge in [-0.15, -0.1) is 0 Å². The normalized spacial score (nSPS) is 38.8. The molecular formula is C10H20N2. The molecule has 2 fully saturated rings. The van der Waals surface area contributed by atoms with Gasteiger partial charge in [-0.2, -0.15) is 0 Å². The average Bonchev–Trinajstić information content (AvgIpc) is 2.57. The van der Waals surface area contributed by atoms with Crippen molar-refractivity contribution in [2.75, 3.05) is 19.6 Å². The zero-order valence-corrected chi connectivity index (χ0v) is 8.05. The Labute approximate surface area is 75.3 Å². The third-order valence-corrected chi connectivity index (χ3v) is 3.36. The maximum absolute atomic E-state index is 3.45. The summed E-state index contributed by atoms with van der Waals surface area (Å²) in [7, 11) is 0. The van der Waals surface area contributed by atoms with Gasteiger partial charge in [0.25, 0.3) is 0 Å². The van der Waals surface area contributed by atoms with Crippen LogP contribution < -0.4 is 5.32 Å². The SMILES string of the molecule is CC1CCCCN1C1CCNC1. The summed E-state index contributed by atoms with van der Waals surface area (Å²) in [5.41, 5.74) is 0. The highest BCUT2D eigenvalue weighted by Gasteiger charge is 2.27. The quantitative estimate of drug-likeness (QED) is 0.633. The highest BCUT2D eigenvalue weighted by atomic mass is 15.2. The van der Waals surface area contributed by atoms with Gasteiger partial charge in [0.15, 0.2) is 0 Å². The predicted molar refractivity (Wildman–Crippen MR) is 51.3 cm³/mol. The number of hydrogen-bond acceptors (Lipinski definition) is 2. The van der Waals surface area contributed by atoms with Gasteiger partial charge in [0, 0.05) is 18.6 Å². The molecule has 0 aromatic heterocycles. The molecule has 2 aliphatic rings.